The van der Waals surface area contributed by atoms with E-state index in [0.29, 0.717) is 0 Å². The number of rotatable bonds is 7. The van der Waals surface area contributed by atoms with Crippen molar-refractivity contribution in [3.63, 3.8) is 0 Å². The van der Waals surface area contributed by atoms with Crippen molar-refractivity contribution in [1.29, 1.82) is 0 Å². The zero-order valence-corrected chi connectivity index (χ0v) is 12.3. The molecule has 1 aromatic heterocycles. The van der Waals surface area contributed by atoms with E-state index in [1.165, 1.54) is 12.3 Å². The largest absolute Gasteiger partial charge is 0.481 e. The molecule has 3 N–H and O–H groups in total. The summed E-state index contributed by atoms with van der Waals surface area (Å²) >= 11 is 0. The summed E-state index contributed by atoms with van der Waals surface area (Å²) in [7, 11) is 0. The van der Waals surface area contributed by atoms with Crippen molar-refractivity contribution in [1.82, 2.24) is 10.6 Å². The standard InChI is InChI=1S/C14H20N2O5/c1-8(2)12(14(20)15-9(3)7-11(17)18)16-13(19)10-5-4-6-21-10/h4-6,8-9,12H,7H2,1-3H3,(H,15,20)(H,16,19)(H,17,18). The van der Waals surface area contributed by atoms with Crippen LogP contribution in [0.4, 0.5) is 0 Å². The molecule has 0 fully saturated rings. The van der Waals surface area contributed by atoms with Crippen molar-refractivity contribution in [2.45, 2.75) is 39.3 Å². The molecule has 21 heavy (non-hydrogen) atoms. The lowest BCUT2D eigenvalue weighted by atomic mass is 10.0. The molecule has 2 unspecified atom stereocenters. The number of carbonyl (C=O) groups excluding carboxylic acids is 2. The van der Waals surface area contributed by atoms with Gasteiger partial charge >= 0.3 is 5.97 Å². The summed E-state index contributed by atoms with van der Waals surface area (Å²) in [5.41, 5.74) is 0. The number of hydrogen-bond donors (Lipinski definition) is 3. The fourth-order valence-electron chi connectivity index (χ4n) is 1.80. The quantitative estimate of drug-likeness (QED) is 0.696. The zero-order chi connectivity index (χ0) is 16.0. The molecule has 0 aromatic carbocycles. The second-order valence-electron chi connectivity index (χ2n) is 5.18. The Morgan fingerprint density at radius 2 is 1.90 bits per heavy atom. The smallest absolute Gasteiger partial charge is 0.305 e. The molecule has 0 aliphatic heterocycles. The second-order valence-corrected chi connectivity index (χ2v) is 5.18. The van der Waals surface area contributed by atoms with Crippen LogP contribution in [0.5, 0.6) is 0 Å². The van der Waals surface area contributed by atoms with E-state index < -0.39 is 29.9 Å². The highest BCUT2D eigenvalue weighted by atomic mass is 16.4. The van der Waals surface area contributed by atoms with Crippen molar-refractivity contribution >= 4 is 17.8 Å². The Kier molecular flexibility index (Phi) is 5.95. The summed E-state index contributed by atoms with van der Waals surface area (Å²) in [6.07, 6.45) is 1.19. The van der Waals surface area contributed by atoms with Crippen LogP contribution < -0.4 is 10.6 Å². The van der Waals surface area contributed by atoms with Gasteiger partial charge in [-0.05, 0) is 25.0 Å². The van der Waals surface area contributed by atoms with Crippen LogP contribution >= 0.6 is 0 Å². The highest BCUT2D eigenvalue weighted by Gasteiger charge is 2.26. The van der Waals surface area contributed by atoms with E-state index in [-0.39, 0.29) is 18.1 Å². The molecular weight excluding hydrogens is 276 g/mol. The van der Waals surface area contributed by atoms with Gasteiger partial charge in [0, 0.05) is 6.04 Å². The number of hydrogen-bond acceptors (Lipinski definition) is 4. The van der Waals surface area contributed by atoms with E-state index in [9.17, 15) is 14.4 Å². The number of furan rings is 1. The molecule has 0 aliphatic rings. The van der Waals surface area contributed by atoms with Crippen LogP contribution in [0.2, 0.25) is 0 Å². The van der Waals surface area contributed by atoms with Gasteiger partial charge in [-0.2, -0.15) is 0 Å². The van der Waals surface area contributed by atoms with Gasteiger partial charge in [0.25, 0.3) is 5.91 Å². The van der Waals surface area contributed by atoms with Gasteiger partial charge < -0.3 is 20.2 Å². The summed E-state index contributed by atoms with van der Waals surface area (Å²) in [5.74, 6) is -1.94. The first kappa shape index (κ1) is 16.7. The van der Waals surface area contributed by atoms with Crippen molar-refractivity contribution in [3.8, 4) is 0 Å². The molecule has 7 nitrogen and oxygen atoms in total. The first-order valence-corrected chi connectivity index (χ1v) is 6.67. The number of carboxylic acid groups (broad SMARTS) is 1. The van der Waals surface area contributed by atoms with Crippen molar-refractivity contribution in [2.24, 2.45) is 5.92 Å². The maximum absolute atomic E-state index is 12.1. The minimum Gasteiger partial charge on any atom is -0.481 e. The molecule has 0 bridgehead atoms. The van der Waals surface area contributed by atoms with Gasteiger partial charge in [-0.25, -0.2) is 0 Å². The molecule has 0 saturated carbocycles. The molecule has 2 atom stereocenters. The molecule has 0 saturated heterocycles. The third kappa shape index (κ3) is 5.29. The summed E-state index contributed by atoms with van der Waals surface area (Å²) in [6, 6.07) is 1.79. The second kappa shape index (κ2) is 7.47. The average Bonchev–Trinajstić information content (AvgIpc) is 2.87. The van der Waals surface area contributed by atoms with Gasteiger partial charge in [0.1, 0.15) is 6.04 Å². The van der Waals surface area contributed by atoms with Gasteiger partial charge in [0.05, 0.1) is 12.7 Å². The van der Waals surface area contributed by atoms with Crippen LogP contribution in [0.3, 0.4) is 0 Å². The molecule has 1 rings (SSSR count). The molecule has 0 radical (unpaired) electrons. The van der Waals surface area contributed by atoms with Crippen molar-refractivity contribution in [3.05, 3.63) is 24.2 Å². The van der Waals surface area contributed by atoms with Gasteiger partial charge in [0.2, 0.25) is 5.91 Å². The van der Waals surface area contributed by atoms with Crippen molar-refractivity contribution < 1.29 is 23.9 Å². The van der Waals surface area contributed by atoms with E-state index >= 15 is 0 Å². The number of aliphatic carboxylic acids is 1. The topological polar surface area (TPSA) is 109 Å². The molecule has 1 aromatic rings. The summed E-state index contributed by atoms with van der Waals surface area (Å²) in [6.45, 7) is 5.17. The zero-order valence-electron chi connectivity index (χ0n) is 12.3. The first-order chi connectivity index (χ1) is 9.81. The van der Waals surface area contributed by atoms with E-state index in [1.54, 1.807) is 26.8 Å². The molecule has 1 heterocycles. The van der Waals surface area contributed by atoms with Crippen LogP contribution in [-0.2, 0) is 9.59 Å². The first-order valence-electron chi connectivity index (χ1n) is 6.67. The Morgan fingerprint density at radius 1 is 1.24 bits per heavy atom. The van der Waals surface area contributed by atoms with Crippen molar-refractivity contribution in [2.75, 3.05) is 0 Å². The van der Waals surface area contributed by atoms with Crippen LogP contribution in [-0.4, -0.2) is 35.0 Å². The van der Waals surface area contributed by atoms with Crippen LogP contribution in [0, 0.1) is 5.92 Å². The number of amides is 2. The van der Waals surface area contributed by atoms with Crippen LogP contribution in [0.15, 0.2) is 22.8 Å². The fourth-order valence-corrected chi connectivity index (χ4v) is 1.80. The van der Waals surface area contributed by atoms with E-state index in [0.717, 1.165) is 0 Å². The lowest BCUT2D eigenvalue weighted by Gasteiger charge is -2.23. The maximum atomic E-state index is 12.1. The third-order valence-electron chi connectivity index (χ3n) is 2.85. The molecule has 2 amide bonds. The Balaban J connectivity index is 2.66. The summed E-state index contributed by atoms with van der Waals surface area (Å²) in [4.78, 5) is 34.6. The average molecular weight is 296 g/mol. The number of carbonyl (C=O) groups is 3. The van der Waals surface area contributed by atoms with Gasteiger partial charge in [-0.1, -0.05) is 13.8 Å². The Hall–Kier alpha value is -2.31. The monoisotopic (exact) mass is 296 g/mol. The normalized spacial score (nSPS) is 13.5. The minimum absolute atomic E-state index is 0.118. The molecule has 116 valence electrons. The number of carboxylic acids is 1. The predicted octanol–water partition coefficient (Wildman–Crippen LogP) is 1.01. The van der Waals surface area contributed by atoms with E-state index in [4.69, 9.17) is 9.52 Å². The van der Waals surface area contributed by atoms with Gasteiger partial charge in [-0.15, -0.1) is 0 Å². The van der Waals surface area contributed by atoms with Gasteiger partial charge in [0.15, 0.2) is 5.76 Å². The summed E-state index contributed by atoms with van der Waals surface area (Å²) in [5, 5.41) is 13.8. The highest BCUT2D eigenvalue weighted by molar-refractivity contribution is 5.95. The Bertz CT molecular complexity index is 495. The molecule has 0 spiro atoms. The molecular formula is C14H20N2O5. The van der Waals surface area contributed by atoms with Crippen LogP contribution in [0.1, 0.15) is 37.7 Å². The van der Waals surface area contributed by atoms with E-state index in [1.807, 2.05) is 0 Å². The molecule has 0 aliphatic carbocycles. The molecule has 7 heteroatoms. The van der Waals surface area contributed by atoms with Gasteiger partial charge in [-0.3, -0.25) is 14.4 Å². The Labute approximate surface area is 122 Å². The number of nitrogens with one attached hydrogen (secondary N) is 2. The Morgan fingerprint density at radius 3 is 2.38 bits per heavy atom. The SMILES string of the molecule is CC(CC(=O)O)NC(=O)C(NC(=O)c1ccco1)C(C)C. The minimum atomic E-state index is -0.997. The highest BCUT2D eigenvalue weighted by Crippen LogP contribution is 2.06. The third-order valence-corrected chi connectivity index (χ3v) is 2.85. The van der Waals surface area contributed by atoms with E-state index in [2.05, 4.69) is 10.6 Å². The predicted molar refractivity (Wildman–Crippen MR) is 74.7 cm³/mol. The fraction of sp³-hybridized carbons (Fsp3) is 0.500. The maximum Gasteiger partial charge on any atom is 0.305 e. The van der Waals surface area contributed by atoms with Crippen LogP contribution in [0.25, 0.3) is 0 Å². The summed E-state index contributed by atoms with van der Waals surface area (Å²) < 4.78 is 4.97. The lowest BCUT2D eigenvalue weighted by molar-refractivity contribution is -0.137. The lowest BCUT2D eigenvalue weighted by Crippen LogP contribution is -2.51.